The topological polar surface area (TPSA) is 98.5 Å². The zero-order chi connectivity index (χ0) is 18.9. The number of benzene rings is 2. The fourth-order valence-corrected chi connectivity index (χ4v) is 4.67. The van der Waals surface area contributed by atoms with Crippen LogP contribution in [0.1, 0.15) is 16.7 Å². The van der Waals surface area contributed by atoms with Crippen molar-refractivity contribution in [1.82, 2.24) is 4.72 Å². The van der Waals surface area contributed by atoms with Crippen LogP contribution in [0, 0.1) is 17.0 Å². The maximum atomic E-state index is 12.7. The van der Waals surface area contributed by atoms with Crippen molar-refractivity contribution in [3.05, 3.63) is 69.3 Å². The third-order valence-electron chi connectivity index (χ3n) is 4.83. The van der Waals surface area contributed by atoms with Gasteiger partial charge in [0.1, 0.15) is 0 Å². The van der Waals surface area contributed by atoms with Crippen LogP contribution in [0.25, 0.3) is 0 Å². The number of hydrogen-bond acceptors (Lipinski definition) is 5. The van der Waals surface area contributed by atoms with Crippen molar-refractivity contribution in [2.24, 2.45) is 0 Å². The van der Waals surface area contributed by atoms with E-state index in [1.165, 1.54) is 12.1 Å². The van der Waals surface area contributed by atoms with Crippen molar-refractivity contribution in [1.29, 1.82) is 0 Å². The number of non-ortho nitro benzene ring substituents is 1. The van der Waals surface area contributed by atoms with E-state index in [0.29, 0.717) is 18.4 Å². The molecule has 1 aliphatic carbocycles. The highest BCUT2D eigenvalue weighted by atomic mass is 32.2. The largest absolute Gasteiger partial charge is 0.376 e. The summed E-state index contributed by atoms with van der Waals surface area (Å²) >= 11 is 0. The fourth-order valence-electron chi connectivity index (χ4n) is 3.30. The molecule has 0 atom stereocenters. The molecule has 2 aromatic rings. The van der Waals surface area contributed by atoms with Gasteiger partial charge >= 0.3 is 0 Å². The third-order valence-corrected chi connectivity index (χ3v) is 6.38. The normalized spacial score (nSPS) is 15.6. The number of sulfonamides is 1. The molecular weight excluding hydrogens is 356 g/mol. The van der Waals surface area contributed by atoms with E-state index < -0.39 is 20.5 Å². The molecule has 3 rings (SSSR count). The first kappa shape index (κ1) is 18.5. The molecule has 0 amide bonds. The number of aryl methyl sites for hydroxylation is 1. The fraction of sp³-hybridized carbons (Fsp3) is 0.333. The van der Waals surface area contributed by atoms with Gasteiger partial charge in [0, 0.05) is 38.6 Å². The van der Waals surface area contributed by atoms with Crippen molar-refractivity contribution in [3.8, 4) is 0 Å². The molecule has 0 fully saturated rings. The molecule has 7 nitrogen and oxygen atoms in total. The maximum absolute atomic E-state index is 12.7. The molecule has 0 bridgehead atoms. The van der Waals surface area contributed by atoms with Gasteiger partial charge in [-0.25, -0.2) is 13.1 Å². The van der Waals surface area contributed by atoms with Gasteiger partial charge in [0.05, 0.1) is 15.4 Å². The number of nitrogens with zero attached hydrogens (tertiary/aromatic N) is 1. The number of ether oxygens (including phenoxy) is 1. The summed E-state index contributed by atoms with van der Waals surface area (Å²) in [6.07, 6.45) is 1.21. The van der Waals surface area contributed by atoms with Gasteiger partial charge in [-0.3, -0.25) is 10.1 Å². The van der Waals surface area contributed by atoms with Gasteiger partial charge in [0.15, 0.2) is 0 Å². The van der Waals surface area contributed by atoms with E-state index >= 15 is 0 Å². The molecule has 8 heteroatoms. The first-order valence-corrected chi connectivity index (χ1v) is 9.61. The molecule has 0 unspecified atom stereocenters. The molecule has 0 saturated heterocycles. The summed E-state index contributed by atoms with van der Waals surface area (Å²) in [7, 11) is -2.34. The number of nitro groups is 1. The summed E-state index contributed by atoms with van der Waals surface area (Å²) in [5.74, 6) is 0. The Bertz CT molecular complexity index is 931. The van der Waals surface area contributed by atoms with E-state index in [1.54, 1.807) is 14.0 Å². The molecule has 1 aliphatic rings. The molecule has 0 spiro atoms. The van der Waals surface area contributed by atoms with E-state index in [4.69, 9.17) is 4.74 Å². The van der Waals surface area contributed by atoms with Gasteiger partial charge in [-0.05, 0) is 23.6 Å². The third kappa shape index (κ3) is 3.48. The summed E-state index contributed by atoms with van der Waals surface area (Å²) < 4.78 is 33.7. The van der Waals surface area contributed by atoms with Crippen LogP contribution in [-0.2, 0) is 27.6 Å². The van der Waals surface area contributed by atoms with Crippen LogP contribution >= 0.6 is 0 Å². The van der Waals surface area contributed by atoms with Crippen LogP contribution in [0.3, 0.4) is 0 Å². The lowest BCUT2D eigenvalue weighted by molar-refractivity contribution is -0.385. The molecule has 1 N–H and O–H groups in total. The SMILES string of the molecule is COC1(CNS(=O)(=O)c2cc([N+](=O)[O-])ccc2C)Cc2ccccc2C1. The quantitative estimate of drug-likeness (QED) is 0.616. The molecule has 26 heavy (non-hydrogen) atoms. The van der Waals surface area contributed by atoms with Crippen LogP contribution in [0.5, 0.6) is 0 Å². The van der Waals surface area contributed by atoms with Crippen LogP contribution in [0.15, 0.2) is 47.4 Å². The van der Waals surface area contributed by atoms with Gasteiger partial charge in [-0.1, -0.05) is 30.3 Å². The monoisotopic (exact) mass is 376 g/mol. The Labute approximate surface area is 152 Å². The highest BCUT2D eigenvalue weighted by Crippen LogP contribution is 2.32. The molecule has 2 aromatic carbocycles. The summed E-state index contributed by atoms with van der Waals surface area (Å²) in [5.41, 5.74) is 1.81. The second-order valence-electron chi connectivity index (χ2n) is 6.54. The van der Waals surface area contributed by atoms with E-state index in [9.17, 15) is 18.5 Å². The number of methoxy groups -OCH3 is 1. The second kappa shape index (κ2) is 6.79. The van der Waals surface area contributed by atoms with Crippen LogP contribution in [-0.4, -0.2) is 32.6 Å². The number of fused-ring (bicyclic) bond motifs is 1. The van der Waals surface area contributed by atoms with Gasteiger partial charge in [-0.2, -0.15) is 0 Å². The predicted molar refractivity (Wildman–Crippen MR) is 96.6 cm³/mol. The minimum absolute atomic E-state index is 0.0860. The van der Waals surface area contributed by atoms with Crippen molar-refractivity contribution in [3.63, 3.8) is 0 Å². The van der Waals surface area contributed by atoms with E-state index in [-0.39, 0.29) is 17.1 Å². The lowest BCUT2D eigenvalue weighted by Crippen LogP contribution is -2.45. The summed E-state index contributed by atoms with van der Waals surface area (Å²) in [6.45, 7) is 1.69. The zero-order valence-corrected chi connectivity index (χ0v) is 15.4. The second-order valence-corrected chi connectivity index (χ2v) is 8.28. The van der Waals surface area contributed by atoms with Crippen LogP contribution in [0.4, 0.5) is 5.69 Å². The average molecular weight is 376 g/mol. The predicted octanol–water partition coefficient (Wildman–Crippen LogP) is 2.37. The molecule has 0 saturated carbocycles. The average Bonchev–Trinajstić information content (AvgIpc) is 2.99. The Balaban J connectivity index is 1.83. The first-order valence-electron chi connectivity index (χ1n) is 8.13. The Morgan fingerprint density at radius 2 is 1.81 bits per heavy atom. The molecule has 0 radical (unpaired) electrons. The van der Waals surface area contributed by atoms with Crippen molar-refractivity contribution in [2.45, 2.75) is 30.3 Å². The lowest BCUT2D eigenvalue weighted by atomic mass is 10.0. The van der Waals surface area contributed by atoms with Crippen molar-refractivity contribution in [2.75, 3.05) is 13.7 Å². The molecular formula is C18H20N2O5S. The standard InChI is InChI=1S/C18H20N2O5S/c1-13-7-8-16(20(21)22)9-17(13)26(23,24)19-12-18(25-2)10-14-5-3-4-6-15(14)11-18/h3-9,19H,10-12H2,1-2H3. The lowest BCUT2D eigenvalue weighted by Gasteiger charge is -2.27. The van der Waals surface area contributed by atoms with Crippen LogP contribution in [0.2, 0.25) is 0 Å². The van der Waals surface area contributed by atoms with E-state index in [1.807, 2.05) is 24.3 Å². The van der Waals surface area contributed by atoms with E-state index in [2.05, 4.69) is 4.72 Å². The highest BCUT2D eigenvalue weighted by molar-refractivity contribution is 7.89. The van der Waals surface area contributed by atoms with Crippen molar-refractivity contribution >= 4 is 15.7 Å². The van der Waals surface area contributed by atoms with Gasteiger partial charge < -0.3 is 4.74 Å². The van der Waals surface area contributed by atoms with Gasteiger partial charge in [0.2, 0.25) is 10.0 Å². The smallest absolute Gasteiger partial charge is 0.270 e. The summed E-state index contributed by atoms with van der Waals surface area (Å²) in [6, 6.07) is 11.7. The van der Waals surface area contributed by atoms with Gasteiger partial charge in [-0.15, -0.1) is 0 Å². The first-order chi connectivity index (χ1) is 12.3. The van der Waals surface area contributed by atoms with Gasteiger partial charge in [0.25, 0.3) is 5.69 Å². The molecule has 138 valence electrons. The Morgan fingerprint density at radius 3 is 2.35 bits per heavy atom. The number of rotatable bonds is 6. The van der Waals surface area contributed by atoms with Crippen molar-refractivity contribution < 1.29 is 18.1 Å². The Hall–Kier alpha value is -2.29. The summed E-state index contributed by atoms with van der Waals surface area (Å²) in [4.78, 5) is 10.3. The number of nitro benzene ring substituents is 1. The molecule has 0 aliphatic heterocycles. The van der Waals surface area contributed by atoms with Crippen LogP contribution < -0.4 is 4.72 Å². The molecule has 0 aromatic heterocycles. The zero-order valence-electron chi connectivity index (χ0n) is 14.6. The minimum Gasteiger partial charge on any atom is -0.376 e. The Kier molecular flexibility index (Phi) is 4.83. The minimum atomic E-state index is -3.90. The van der Waals surface area contributed by atoms with E-state index in [0.717, 1.165) is 17.2 Å². The number of nitrogens with one attached hydrogen (secondary N) is 1. The Morgan fingerprint density at radius 1 is 1.19 bits per heavy atom. The molecule has 0 heterocycles. The highest BCUT2D eigenvalue weighted by Gasteiger charge is 2.38. The number of hydrogen-bond donors (Lipinski definition) is 1. The summed E-state index contributed by atoms with van der Waals surface area (Å²) in [5, 5.41) is 11.0. The maximum Gasteiger partial charge on any atom is 0.270 e.